The van der Waals surface area contributed by atoms with Gasteiger partial charge in [-0.3, -0.25) is 14.2 Å². The minimum absolute atomic E-state index is 0.0907. The fourth-order valence-electron chi connectivity index (χ4n) is 2.08. The lowest BCUT2D eigenvalue weighted by molar-refractivity contribution is -0.116. The van der Waals surface area contributed by atoms with Crippen LogP contribution in [0.25, 0.3) is 0 Å². The van der Waals surface area contributed by atoms with Crippen LogP contribution in [0.4, 0.5) is 5.82 Å². The Morgan fingerprint density at radius 3 is 2.70 bits per heavy atom. The average Bonchev–Trinajstić information content (AvgIpc) is 3.06. The number of nitrogens with zero attached hydrogens (tertiary/aromatic N) is 4. The zero-order valence-electron chi connectivity index (χ0n) is 12.0. The largest absolute Gasteiger partial charge is 0.306 e. The molecule has 0 aliphatic carbocycles. The molecule has 23 heavy (non-hydrogen) atoms. The lowest BCUT2D eigenvalue weighted by atomic mass is 10.2. The lowest BCUT2D eigenvalue weighted by Gasteiger charge is -2.03. The first-order valence-corrected chi connectivity index (χ1v) is 8.02. The van der Waals surface area contributed by atoms with Crippen LogP contribution in [0.5, 0.6) is 0 Å². The average molecular weight is 395 g/mol. The lowest BCUT2D eigenvalue weighted by Crippen LogP contribution is -2.19. The van der Waals surface area contributed by atoms with Gasteiger partial charge >= 0.3 is 0 Å². The highest BCUT2D eigenvalue weighted by molar-refractivity contribution is 9.10. The first kappa shape index (κ1) is 15.8. The number of aromatic nitrogens is 4. The van der Waals surface area contributed by atoms with E-state index >= 15 is 0 Å². The Balaban J connectivity index is 1.65. The van der Waals surface area contributed by atoms with Crippen LogP contribution in [0.2, 0.25) is 5.02 Å². The predicted octanol–water partition coefficient (Wildman–Crippen LogP) is 3.18. The maximum absolute atomic E-state index is 12.0. The number of benzene rings is 1. The van der Waals surface area contributed by atoms with E-state index in [0.29, 0.717) is 17.4 Å². The summed E-state index contributed by atoms with van der Waals surface area (Å²) >= 11 is 9.42. The summed E-state index contributed by atoms with van der Waals surface area (Å²) in [6, 6.07) is 9.89. The SMILES string of the molecule is O=C(Cn1cc(Br)cn1)Nc1nn(Cc2ccccc2)cc1Cl. The molecule has 0 aliphatic heterocycles. The molecule has 0 saturated carbocycles. The van der Waals surface area contributed by atoms with Crippen molar-refractivity contribution in [2.24, 2.45) is 0 Å². The van der Waals surface area contributed by atoms with Gasteiger partial charge in [-0.1, -0.05) is 41.9 Å². The standard InChI is InChI=1S/C15H13BrClN5O/c16-12-6-18-21(8-12)10-14(23)19-15-13(17)9-22(20-15)7-11-4-2-1-3-5-11/h1-6,8-9H,7,10H2,(H,19,20,23). The molecule has 0 spiro atoms. The third-order valence-corrected chi connectivity index (χ3v) is 3.76. The zero-order chi connectivity index (χ0) is 16.2. The van der Waals surface area contributed by atoms with Crippen LogP contribution in [0.15, 0.2) is 53.4 Å². The molecule has 0 saturated heterocycles. The quantitative estimate of drug-likeness (QED) is 0.723. The first-order valence-electron chi connectivity index (χ1n) is 6.85. The van der Waals surface area contributed by atoms with Gasteiger partial charge in [0.1, 0.15) is 11.6 Å². The molecule has 0 bridgehead atoms. The minimum Gasteiger partial charge on any atom is -0.306 e. The maximum atomic E-state index is 12.0. The summed E-state index contributed by atoms with van der Waals surface area (Å²) in [7, 11) is 0. The van der Waals surface area contributed by atoms with Crippen LogP contribution in [-0.4, -0.2) is 25.5 Å². The Morgan fingerprint density at radius 2 is 2.00 bits per heavy atom. The second kappa shape index (κ2) is 6.97. The molecule has 118 valence electrons. The molecule has 0 unspecified atom stereocenters. The number of rotatable bonds is 5. The maximum Gasteiger partial charge on any atom is 0.247 e. The van der Waals surface area contributed by atoms with Crippen LogP contribution in [-0.2, 0) is 17.9 Å². The monoisotopic (exact) mass is 393 g/mol. The molecule has 3 aromatic rings. The van der Waals surface area contributed by atoms with Crippen molar-refractivity contribution in [2.75, 3.05) is 5.32 Å². The van der Waals surface area contributed by atoms with E-state index in [2.05, 4.69) is 31.4 Å². The van der Waals surface area contributed by atoms with Gasteiger partial charge in [-0.15, -0.1) is 0 Å². The molecule has 1 aromatic carbocycles. The van der Waals surface area contributed by atoms with Crippen molar-refractivity contribution >= 4 is 39.3 Å². The fourth-order valence-corrected chi connectivity index (χ4v) is 2.60. The van der Waals surface area contributed by atoms with Crippen LogP contribution in [0.1, 0.15) is 5.56 Å². The molecule has 0 aliphatic rings. The van der Waals surface area contributed by atoms with Gasteiger partial charge in [-0.2, -0.15) is 10.2 Å². The van der Waals surface area contributed by atoms with Gasteiger partial charge in [0.15, 0.2) is 5.82 Å². The molecule has 8 heteroatoms. The number of amides is 1. The molecular weight excluding hydrogens is 382 g/mol. The second-order valence-electron chi connectivity index (χ2n) is 4.91. The van der Waals surface area contributed by atoms with Crippen molar-refractivity contribution < 1.29 is 4.79 Å². The van der Waals surface area contributed by atoms with Crippen molar-refractivity contribution in [3.8, 4) is 0 Å². The Morgan fingerprint density at radius 1 is 1.22 bits per heavy atom. The van der Waals surface area contributed by atoms with Gasteiger partial charge in [-0.05, 0) is 21.5 Å². The molecule has 6 nitrogen and oxygen atoms in total. The summed E-state index contributed by atoms with van der Waals surface area (Å²) in [5, 5.41) is 11.4. The van der Waals surface area contributed by atoms with Crippen molar-refractivity contribution in [1.82, 2.24) is 19.6 Å². The Kier molecular flexibility index (Phi) is 4.78. The number of carbonyl (C=O) groups excluding carboxylic acids is 1. The summed E-state index contributed by atoms with van der Waals surface area (Å²) < 4.78 is 4.03. The Labute approximate surface area is 146 Å². The molecule has 0 atom stereocenters. The van der Waals surface area contributed by atoms with E-state index in [1.165, 1.54) is 4.68 Å². The van der Waals surface area contributed by atoms with Crippen LogP contribution >= 0.6 is 27.5 Å². The van der Waals surface area contributed by atoms with E-state index in [9.17, 15) is 4.79 Å². The molecule has 1 amide bonds. The summed E-state index contributed by atoms with van der Waals surface area (Å²) in [5.41, 5.74) is 1.10. The van der Waals surface area contributed by atoms with Gasteiger partial charge in [0.2, 0.25) is 5.91 Å². The van der Waals surface area contributed by atoms with Gasteiger partial charge in [-0.25, -0.2) is 0 Å². The van der Waals surface area contributed by atoms with Gasteiger partial charge < -0.3 is 5.32 Å². The summed E-state index contributed by atoms with van der Waals surface area (Å²) in [6.45, 7) is 0.677. The van der Waals surface area contributed by atoms with Crippen molar-refractivity contribution in [3.63, 3.8) is 0 Å². The predicted molar refractivity (Wildman–Crippen MR) is 91.3 cm³/mol. The van der Waals surface area contributed by atoms with E-state index in [0.717, 1.165) is 10.0 Å². The van der Waals surface area contributed by atoms with Crippen LogP contribution < -0.4 is 5.32 Å². The summed E-state index contributed by atoms with van der Waals surface area (Å²) in [5.74, 6) is 0.103. The van der Waals surface area contributed by atoms with Crippen molar-refractivity contribution in [3.05, 3.63) is 64.0 Å². The van der Waals surface area contributed by atoms with Gasteiger partial charge in [0.05, 0.1) is 17.2 Å². The van der Waals surface area contributed by atoms with E-state index in [4.69, 9.17) is 11.6 Å². The van der Waals surface area contributed by atoms with Crippen molar-refractivity contribution in [2.45, 2.75) is 13.1 Å². The normalized spacial score (nSPS) is 10.7. The smallest absolute Gasteiger partial charge is 0.247 e. The zero-order valence-corrected chi connectivity index (χ0v) is 14.3. The minimum atomic E-state index is -0.243. The fraction of sp³-hybridized carbons (Fsp3) is 0.133. The van der Waals surface area contributed by atoms with E-state index in [1.54, 1.807) is 23.3 Å². The highest BCUT2D eigenvalue weighted by Gasteiger charge is 2.12. The Bertz CT molecular complexity index is 814. The summed E-state index contributed by atoms with van der Waals surface area (Å²) in [6.07, 6.45) is 5.03. The number of halogens is 2. The molecular formula is C15H13BrClN5O. The number of nitrogens with one attached hydrogen (secondary N) is 1. The Hall–Kier alpha value is -2.12. The number of hydrogen-bond donors (Lipinski definition) is 1. The van der Waals surface area contributed by atoms with Crippen LogP contribution in [0, 0.1) is 0 Å². The first-order chi connectivity index (χ1) is 11.1. The number of anilines is 1. The van der Waals surface area contributed by atoms with E-state index < -0.39 is 0 Å². The van der Waals surface area contributed by atoms with Crippen LogP contribution in [0.3, 0.4) is 0 Å². The third-order valence-electron chi connectivity index (χ3n) is 3.07. The third kappa shape index (κ3) is 4.20. The van der Waals surface area contributed by atoms with E-state index in [-0.39, 0.29) is 12.5 Å². The highest BCUT2D eigenvalue weighted by atomic mass is 79.9. The van der Waals surface area contributed by atoms with Crippen molar-refractivity contribution in [1.29, 1.82) is 0 Å². The van der Waals surface area contributed by atoms with Gasteiger partial charge in [0, 0.05) is 12.4 Å². The number of carbonyl (C=O) groups is 1. The molecule has 0 fully saturated rings. The molecule has 2 aromatic heterocycles. The molecule has 0 radical (unpaired) electrons. The summed E-state index contributed by atoms with van der Waals surface area (Å²) in [4.78, 5) is 12.0. The highest BCUT2D eigenvalue weighted by Crippen LogP contribution is 2.20. The van der Waals surface area contributed by atoms with Gasteiger partial charge in [0.25, 0.3) is 0 Å². The molecule has 1 N–H and O–H groups in total. The molecule has 3 rings (SSSR count). The topological polar surface area (TPSA) is 64.7 Å². The number of hydrogen-bond acceptors (Lipinski definition) is 3. The van der Waals surface area contributed by atoms with E-state index in [1.807, 2.05) is 30.3 Å². The second-order valence-corrected chi connectivity index (χ2v) is 6.24. The molecule has 2 heterocycles.